The van der Waals surface area contributed by atoms with Crippen LogP contribution in [0, 0.1) is 5.82 Å². The molecular formula is C29H30ClFN2O5. The standard InChI is InChI=1S/C29H30ClFN2O5/c1-17(34)32-16-18-12-24(19-4-8-23(31)22(30)14-19)33-28(13-18)29(2,36)11-10-25(35)20-5-9-26(27(15-20)37-3)38-21-6-7-21/h4-5,8-9,12-15,21,36H,6-7,10-11,16H2,1-3H3,(H,32,34). The first-order chi connectivity index (χ1) is 18.1. The number of methoxy groups -OCH3 is 1. The van der Waals surface area contributed by atoms with E-state index in [1.807, 2.05) is 0 Å². The van der Waals surface area contributed by atoms with Gasteiger partial charge in [0.25, 0.3) is 0 Å². The Morgan fingerprint density at radius 2 is 1.92 bits per heavy atom. The van der Waals surface area contributed by atoms with E-state index in [9.17, 15) is 19.1 Å². The summed E-state index contributed by atoms with van der Waals surface area (Å²) < 4.78 is 25.0. The summed E-state index contributed by atoms with van der Waals surface area (Å²) in [6.45, 7) is 3.19. The second kappa shape index (κ2) is 11.5. The zero-order valence-electron chi connectivity index (χ0n) is 21.5. The van der Waals surface area contributed by atoms with E-state index in [1.54, 1.807) is 37.3 Å². The van der Waals surface area contributed by atoms with Gasteiger partial charge in [0.15, 0.2) is 17.3 Å². The average molecular weight is 541 g/mol. The summed E-state index contributed by atoms with van der Waals surface area (Å²) in [6.07, 6.45) is 2.36. The molecule has 200 valence electrons. The van der Waals surface area contributed by atoms with Gasteiger partial charge in [-0.05, 0) is 80.3 Å². The minimum Gasteiger partial charge on any atom is -0.493 e. The molecule has 1 fully saturated rings. The van der Waals surface area contributed by atoms with E-state index in [-0.39, 0.29) is 42.2 Å². The van der Waals surface area contributed by atoms with E-state index >= 15 is 0 Å². The average Bonchev–Trinajstić information content (AvgIpc) is 3.72. The van der Waals surface area contributed by atoms with Crippen molar-refractivity contribution in [2.45, 2.75) is 57.8 Å². The highest BCUT2D eigenvalue weighted by atomic mass is 35.5. The summed E-state index contributed by atoms with van der Waals surface area (Å²) in [5.41, 5.74) is 0.981. The summed E-state index contributed by atoms with van der Waals surface area (Å²) in [7, 11) is 1.53. The van der Waals surface area contributed by atoms with Gasteiger partial charge in [-0.15, -0.1) is 0 Å². The number of nitrogens with zero attached hydrogens (tertiary/aromatic N) is 1. The van der Waals surface area contributed by atoms with Gasteiger partial charge in [-0.2, -0.15) is 0 Å². The van der Waals surface area contributed by atoms with Crippen molar-refractivity contribution < 1.29 is 28.6 Å². The lowest BCUT2D eigenvalue weighted by Gasteiger charge is -2.24. The Kier molecular flexibility index (Phi) is 8.33. The number of ketones is 1. The van der Waals surface area contributed by atoms with E-state index in [2.05, 4.69) is 10.3 Å². The number of amides is 1. The SMILES string of the molecule is COc1cc(C(=O)CCC(C)(O)c2cc(CNC(C)=O)cc(-c3ccc(F)c(Cl)c3)n2)ccc1OC1CC1. The van der Waals surface area contributed by atoms with Crippen LogP contribution in [-0.2, 0) is 16.9 Å². The Bertz CT molecular complexity index is 1360. The number of hydrogen-bond donors (Lipinski definition) is 2. The van der Waals surface area contributed by atoms with Crippen LogP contribution in [-0.4, -0.2) is 35.0 Å². The molecule has 2 aromatic carbocycles. The fourth-order valence-electron chi connectivity index (χ4n) is 3.93. The molecule has 0 bridgehead atoms. The Labute approximate surface area is 226 Å². The van der Waals surface area contributed by atoms with Crippen molar-refractivity contribution in [3.63, 3.8) is 0 Å². The quantitative estimate of drug-likeness (QED) is 0.307. The molecular weight excluding hydrogens is 511 g/mol. The van der Waals surface area contributed by atoms with Crippen LogP contribution in [0.5, 0.6) is 11.5 Å². The number of pyridine rings is 1. The maximum Gasteiger partial charge on any atom is 0.217 e. The predicted octanol–water partition coefficient (Wildman–Crippen LogP) is 5.60. The summed E-state index contributed by atoms with van der Waals surface area (Å²) >= 11 is 5.97. The van der Waals surface area contributed by atoms with E-state index in [0.29, 0.717) is 39.6 Å². The number of halogens is 2. The molecule has 1 aliphatic rings. The molecule has 2 N–H and O–H groups in total. The van der Waals surface area contributed by atoms with Crippen LogP contribution in [0.2, 0.25) is 5.02 Å². The van der Waals surface area contributed by atoms with Crippen molar-refractivity contribution in [1.29, 1.82) is 0 Å². The highest BCUT2D eigenvalue weighted by molar-refractivity contribution is 6.31. The lowest BCUT2D eigenvalue weighted by molar-refractivity contribution is -0.119. The lowest BCUT2D eigenvalue weighted by atomic mass is 9.91. The van der Waals surface area contributed by atoms with Crippen molar-refractivity contribution in [1.82, 2.24) is 10.3 Å². The molecule has 1 saturated carbocycles. The molecule has 1 amide bonds. The predicted molar refractivity (Wildman–Crippen MR) is 142 cm³/mol. The Hall–Kier alpha value is -3.49. The topological polar surface area (TPSA) is 97.8 Å². The number of nitrogens with one attached hydrogen (secondary N) is 1. The number of hydrogen-bond acceptors (Lipinski definition) is 6. The number of carbonyl (C=O) groups excluding carboxylic acids is 2. The molecule has 3 aromatic rings. The Morgan fingerprint density at radius 3 is 2.58 bits per heavy atom. The van der Waals surface area contributed by atoms with Gasteiger partial charge in [0.2, 0.25) is 5.91 Å². The van der Waals surface area contributed by atoms with Crippen LogP contribution in [0.25, 0.3) is 11.3 Å². The summed E-state index contributed by atoms with van der Waals surface area (Å²) in [5.74, 6) is 0.161. The molecule has 1 aromatic heterocycles. The number of Topliss-reactive ketones (excluding diaryl/α,β-unsaturated/α-hetero) is 1. The number of carbonyl (C=O) groups is 2. The highest BCUT2D eigenvalue weighted by Crippen LogP contribution is 2.35. The fourth-order valence-corrected chi connectivity index (χ4v) is 4.11. The van der Waals surface area contributed by atoms with Crippen molar-refractivity contribution in [3.05, 3.63) is 76.2 Å². The van der Waals surface area contributed by atoms with Crippen LogP contribution < -0.4 is 14.8 Å². The molecule has 0 spiro atoms. The first-order valence-corrected chi connectivity index (χ1v) is 12.7. The van der Waals surface area contributed by atoms with Crippen molar-refractivity contribution in [3.8, 4) is 22.8 Å². The molecule has 9 heteroatoms. The smallest absolute Gasteiger partial charge is 0.217 e. The van der Waals surface area contributed by atoms with Gasteiger partial charge in [-0.3, -0.25) is 9.59 Å². The second-order valence-corrected chi connectivity index (χ2v) is 10.1. The summed E-state index contributed by atoms with van der Waals surface area (Å²) in [6, 6.07) is 12.7. The number of ether oxygens (including phenoxy) is 2. The number of benzene rings is 2. The molecule has 4 rings (SSSR count). The zero-order valence-corrected chi connectivity index (χ0v) is 22.3. The molecule has 0 aliphatic heterocycles. The van der Waals surface area contributed by atoms with Crippen molar-refractivity contribution in [2.75, 3.05) is 7.11 Å². The van der Waals surface area contributed by atoms with Crippen LogP contribution in [0.4, 0.5) is 4.39 Å². The Balaban J connectivity index is 1.55. The van der Waals surface area contributed by atoms with E-state index in [0.717, 1.165) is 12.8 Å². The number of aliphatic hydroxyl groups is 1. The summed E-state index contributed by atoms with van der Waals surface area (Å²) in [5, 5.41) is 14.0. The molecule has 38 heavy (non-hydrogen) atoms. The van der Waals surface area contributed by atoms with Gasteiger partial charge in [-0.25, -0.2) is 9.37 Å². The minimum absolute atomic E-state index is 0.0499. The molecule has 0 radical (unpaired) electrons. The van der Waals surface area contributed by atoms with Gasteiger partial charge in [0, 0.05) is 31.0 Å². The molecule has 1 unspecified atom stereocenters. The maximum absolute atomic E-state index is 13.7. The largest absolute Gasteiger partial charge is 0.493 e. The molecule has 1 aliphatic carbocycles. The molecule has 1 atom stereocenters. The zero-order chi connectivity index (χ0) is 27.4. The third-order valence-corrected chi connectivity index (χ3v) is 6.63. The third kappa shape index (κ3) is 6.88. The van der Waals surface area contributed by atoms with E-state index < -0.39 is 11.4 Å². The monoisotopic (exact) mass is 540 g/mol. The van der Waals surface area contributed by atoms with Gasteiger partial charge in [-0.1, -0.05) is 11.6 Å². The normalized spacial score (nSPS) is 14.5. The third-order valence-electron chi connectivity index (χ3n) is 6.34. The van der Waals surface area contributed by atoms with Crippen LogP contribution >= 0.6 is 11.6 Å². The maximum atomic E-state index is 13.7. The summed E-state index contributed by atoms with van der Waals surface area (Å²) in [4.78, 5) is 29.1. The highest BCUT2D eigenvalue weighted by Gasteiger charge is 2.28. The lowest BCUT2D eigenvalue weighted by Crippen LogP contribution is -2.25. The van der Waals surface area contributed by atoms with Gasteiger partial charge >= 0.3 is 0 Å². The molecule has 0 saturated heterocycles. The van der Waals surface area contributed by atoms with Crippen LogP contribution in [0.3, 0.4) is 0 Å². The van der Waals surface area contributed by atoms with Gasteiger partial charge < -0.3 is 19.9 Å². The molecule has 7 nitrogen and oxygen atoms in total. The number of rotatable bonds is 11. The van der Waals surface area contributed by atoms with Crippen molar-refractivity contribution in [2.24, 2.45) is 0 Å². The number of aromatic nitrogens is 1. The van der Waals surface area contributed by atoms with Gasteiger partial charge in [0.1, 0.15) is 11.4 Å². The first kappa shape index (κ1) is 27.5. The van der Waals surface area contributed by atoms with Crippen LogP contribution in [0.15, 0.2) is 48.5 Å². The van der Waals surface area contributed by atoms with Crippen LogP contribution in [0.1, 0.15) is 61.1 Å². The Morgan fingerprint density at radius 1 is 1.16 bits per heavy atom. The van der Waals surface area contributed by atoms with Crippen molar-refractivity contribution >= 4 is 23.3 Å². The first-order valence-electron chi connectivity index (χ1n) is 12.4. The molecule has 1 heterocycles. The van der Waals surface area contributed by atoms with E-state index in [1.165, 1.54) is 32.2 Å². The fraction of sp³-hybridized carbons (Fsp3) is 0.345. The second-order valence-electron chi connectivity index (χ2n) is 9.66. The van der Waals surface area contributed by atoms with Gasteiger partial charge in [0.05, 0.1) is 29.6 Å². The van der Waals surface area contributed by atoms with E-state index in [4.69, 9.17) is 21.1 Å². The minimum atomic E-state index is -1.47.